The molecule has 0 atom stereocenters. The number of ether oxygens (including phenoxy) is 1. The molecule has 0 saturated carbocycles. The number of aromatic nitrogens is 2. The summed E-state index contributed by atoms with van der Waals surface area (Å²) >= 11 is 5.67. The van der Waals surface area contributed by atoms with Crippen molar-refractivity contribution in [3.05, 3.63) is 46.9 Å². The van der Waals surface area contributed by atoms with Gasteiger partial charge in [0.15, 0.2) is 5.15 Å². The maximum Gasteiger partial charge on any atom is 0.339 e. The van der Waals surface area contributed by atoms with E-state index in [1.807, 2.05) is 6.92 Å². The predicted octanol–water partition coefficient (Wildman–Crippen LogP) is 2.93. The Labute approximate surface area is 108 Å². The number of halogens is 1. The number of aryl methyl sites for hydroxylation is 1. The van der Waals surface area contributed by atoms with Gasteiger partial charge in [0.05, 0.1) is 12.4 Å². The van der Waals surface area contributed by atoms with Gasteiger partial charge in [-0.3, -0.25) is 4.98 Å². The molecule has 0 spiro atoms. The van der Waals surface area contributed by atoms with Crippen molar-refractivity contribution < 1.29 is 14.6 Å². The van der Waals surface area contributed by atoms with E-state index in [4.69, 9.17) is 21.4 Å². The quantitative estimate of drug-likeness (QED) is 0.923. The smallest absolute Gasteiger partial charge is 0.339 e. The normalized spacial score (nSPS) is 10.1. The van der Waals surface area contributed by atoms with Crippen LogP contribution in [0.5, 0.6) is 11.6 Å². The summed E-state index contributed by atoms with van der Waals surface area (Å²) in [7, 11) is 0. The summed E-state index contributed by atoms with van der Waals surface area (Å²) in [6, 6.07) is 4.79. The standard InChI is InChI=1S/C12H9ClN2O3/c1-7-2-3-8(12(16)17)9(4-7)18-11-6-14-5-10(13)15-11/h2-6H,1H3,(H,16,17). The summed E-state index contributed by atoms with van der Waals surface area (Å²) in [5.74, 6) is -0.713. The fourth-order valence-corrected chi connectivity index (χ4v) is 1.52. The zero-order valence-electron chi connectivity index (χ0n) is 9.42. The van der Waals surface area contributed by atoms with Crippen molar-refractivity contribution >= 4 is 17.6 Å². The van der Waals surface area contributed by atoms with Gasteiger partial charge in [0.2, 0.25) is 5.88 Å². The number of benzene rings is 1. The molecule has 0 bridgehead atoms. The first-order chi connectivity index (χ1) is 8.56. The molecule has 5 nitrogen and oxygen atoms in total. The van der Waals surface area contributed by atoms with Gasteiger partial charge in [-0.2, -0.15) is 4.98 Å². The van der Waals surface area contributed by atoms with Gasteiger partial charge in [0.25, 0.3) is 0 Å². The van der Waals surface area contributed by atoms with Crippen LogP contribution in [-0.2, 0) is 0 Å². The Morgan fingerprint density at radius 2 is 2.17 bits per heavy atom. The molecule has 0 radical (unpaired) electrons. The number of carboxylic acids is 1. The number of carbonyl (C=O) groups is 1. The third kappa shape index (κ3) is 2.75. The summed E-state index contributed by atoms with van der Waals surface area (Å²) < 4.78 is 5.39. The Morgan fingerprint density at radius 1 is 1.39 bits per heavy atom. The minimum Gasteiger partial charge on any atom is -0.478 e. The maximum absolute atomic E-state index is 11.0. The first kappa shape index (κ1) is 12.3. The average Bonchev–Trinajstić information content (AvgIpc) is 2.28. The molecule has 2 rings (SSSR count). The summed E-state index contributed by atoms with van der Waals surface area (Å²) in [6.45, 7) is 1.84. The lowest BCUT2D eigenvalue weighted by atomic mass is 10.1. The second-order valence-electron chi connectivity index (χ2n) is 3.59. The number of aromatic carboxylic acids is 1. The topological polar surface area (TPSA) is 72.3 Å². The number of hydrogen-bond donors (Lipinski definition) is 1. The van der Waals surface area contributed by atoms with Crippen LogP contribution in [0, 0.1) is 6.92 Å². The summed E-state index contributed by atoms with van der Waals surface area (Å²) in [6.07, 6.45) is 2.72. The minimum atomic E-state index is -1.07. The highest BCUT2D eigenvalue weighted by Gasteiger charge is 2.12. The SMILES string of the molecule is Cc1ccc(C(=O)O)c(Oc2cncc(Cl)n2)c1. The van der Waals surface area contributed by atoms with Crippen LogP contribution in [0.3, 0.4) is 0 Å². The van der Waals surface area contributed by atoms with Crippen molar-refractivity contribution in [2.75, 3.05) is 0 Å². The maximum atomic E-state index is 11.0. The molecule has 0 amide bonds. The van der Waals surface area contributed by atoms with E-state index in [2.05, 4.69) is 9.97 Å². The van der Waals surface area contributed by atoms with Gasteiger partial charge in [-0.25, -0.2) is 4.79 Å². The van der Waals surface area contributed by atoms with E-state index < -0.39 is 5.97 Å². The molecule has 0 aliphatic rings. The lowest BCUT2D eigenvalue weighted by Gasteiger charge is -2.08. The molecular weight excluding hydrogens is 256 g/mol. The molecule has 1 aromatic carbocycles. The molecule has 0 aliphatic carbocycles. The Balaban J connectivity index is 2.39. The van der Waals surface area contributed by atoms with E-state index in [1.165, 1.54) is 18.5 Å². The minimum absolute atomic E-state index is 0.0578. The van der Waals surface area contributed by atoms with E-state index in [0.29, 0.717) is 0 Å². The Hall–Kier alpha value is -2.14. The third-order valence-electron chi connectivity index (χ3n) is 2.17. The molecule has 6 heteroatoms. The second kappa shape index (κ2) is 5.01. The molecule has 0 fully saturated rings. The van der Waals surface area contributed by atoms with Crippen LogP contribution in [0.15, 0.2) is 30.6 Å². The first-order valence-corrected chi connectivity index (χ1v) is 5.43. The number of rotatable bonds is 3. The van der Waals surface area contributed by atoms with Crippen molar-refractivity contribution in [3.63, 3.8) is 0 Å². The van der Waals surface area contributed by atoms with Crippen molar-refractivity contribution in [1.29, 1.82) is 0 Å². The lowest BCUT2D eigenvalue weighted by Crippen LogP contribution is -2.01. The highest BCUT2D eigenvalue weighted by atomic mass is 35.5. The van der Waals surface area contributed by atoms with E-state index in [1.54, 1.807) is 12.1 Å². The van der Waals surface area contributed by atoms with Gasteiger partial charge in [-0.15, -0.1) is 0 Å². The number of nitrogens with zero attached hydrogens (tertiary/aromatic N) is 2. The van der Waals surface area contributed by atoms with E-state index in [9.17, 15) is 4.79 Å². The van der Waals surface area contributed by atoms with Gasteiger partial charge >= 0.3 is 5.97 Å². The Bertz CT molecular complexity index is 602. The third-order valence-corrected chi connectivity index (χ3v) is 2.35. The van der Waals surface area contributed by atoms with Crippen LogP contribution in [0.4, 0.5) is 0 Å². The van der Waals surface area contributed by atoms with Crippen molar-refractivity contribution in [3.8, 4) is 11.6 Å². The van der Waals surface area contributed by atoms with Crippen molar-refractivity contribution in [1.82, 2.24) is 9.97 Å². The number of carboxylic acid groups (broad SMARTS) is 1. The lowest BCUT2D eigenvalue weighted by molar-refractivity contribution is 0.0694. The summed E-state index contributed by atoms with van der Waals surface area (Å²) in [4.78, 5) is 18.7. The average molecular weight is 265 g/mol. The largest absolute Gasteiger partial charge is 0.478 e. The molecule has 0 saturated heterocycles. The zero-order chi connectivity index (χ0) is 13.1. The van der Waals surface area contributed by atoms with Crippen LogP contribution in [0.1, 0.15) is 15.9 Å². The fraction of sp³-hybridized carbons (Fsp3) is 0.0833. The predicted molar refractivity (Wildman–Crippen MR) is 65.3 cm³/mol. The van der Waals surface area contributed by atoms with Gasteiger partial charge in [0, 0.05) is 0 Å². The Morgan fingerprint density at radius 3 is 2.83 bits per heavy atom. The monoisotopic (exact) mass is 264 g/mol. The molecular formula is C12H9ClN2O3. The van der Waals surface area contributed by atoms with Crippen molar-refractivity contribution in [2.45, 2.75) is 6.92 Å². The number of hydrogen-bond acceptors (Lipinski definition) is 4. The Kier molecular flexibility index (Phi) is 3.43. The second-order valence-corrected chi connectivity index (χ2v) is 3.97. The van der Waals surface area contributed by atoms with Crippen LogP contribution >= 0.6 is 11.6 Å². The highest BCUT2D eigenvalue weighted by molar-refractivity contribution is 6.29. The zero-order valence-corrected chi connectivity index (χ0v) is 10.2. The van der Waals surface area contributed by atoms with E-state index in [0.717, 1.165) is 5.56 Å². The molecule has 0 unspecified atom stereocenters. The molecule has 2 aromatic rings. The van der Waals surface area contributed by atoms with Crippen LogP contribution < -0.4 is 4.74 Å². The van der Waals surface area contributed by atoms with Crippen LogP contribution in [0.2, 0.25) is 5.15 Å². The molecule has 1 heterocycles. The van der Waals surface area contributed by atoms with E-state index in [-0.39, 0.29) is 22.3 Å². The van der Waals surface area contributed by atoms with Gasteiger partial charge in [-0.05, 0) is 24.6 Å². The summed E-state index contributed by atoms with van der Waals surface area (Å²) in [5, 5.41) is 9.22. The van der Waals surface area contributed by atoms with Gasteiger partial charge < -0.3 is 9.84 Å². The van der Waals surface area contributed by atoms with E-state index >= 15 is 0 Å². The molecule has 0 aliphatic heterocycles. The van der Waals surface area contributed by atoms with Gasteiger partial charge in [0.1, 0.15) is 11.3 Å². The highest BCUT2D eigenvalue weighted by Crippen LogP contribution is 2.25. The van der Waals surface area contributed by atoms with Crippen LogP contribution in [0.25, 0.3) is 0 Å². The fourth-order valence-electron chi connectivity index (χ4n) is 1.38. The first-order valence-electron chi connectivity index (χ1n) is 5.05. The van der Waals surface area contributed by atoms with Crippen LogP contribution in [-0.4, -0.2) is 21.0 Å². The molecule has 1 N–H and O–H groups in total. The molecule has 92 valence electrons. The molecule has 1 aromatic heterocycles. The van der Waals surface area contributed by atoms with Crippen molar-refractivity contribution in [2.24, 2.45) is 0 Å². The molecule has 18 heavy (non-hydrogen) atoms. The summed E-state index contributed by atoms with van der Waals surface area (Å²) in [5.41, 5.74) is 0.937. The van der Waals surface area contributed by atoms with Gasteiger partial charge in [-0.1, -0.05) is 17.7 Å².